The van der Waals surface area contributed by atoms with E-state index < -0.39 is 32.5 Å². The Morgan fingerprint density at radius 1 is 0.437 bits per heavy atom. The second-order valence-corrected chi connectivity index (χ2v) is 20.2. The van der Waals surface area contributed by atoms with E-state index >= 15 is 0 Å². The Morgan fingerprint density at radius 3 is 1.21 bits per heavy atom. The van der Waals surface area contributed by atoms with Gasteiger partial charge >= 0.3 is 19.8 Å². The SMILES string of the molecule is CC/C=C\C/C=C\C/C=C\C/C=C\C/C=C\C/C=C\CCC(=O)OC(COC(=O)CCCCCCCCCCCCCCCCCCCCC/C=C\C/C=C\CCCCCCC)COP(=O)(O)OCCN. The van der Waals surface area contributed by atoms with Gasteiger partial charge in [-0.15, -0.1) is 0 Å². The molecule has 408 valence electrons. The summed E-state index contributed by atoms with van der Waals surface area (Å²) in [5.74, 6) is -0.925. The molecule has 0 heterocycles. The smallest absolute Gasteiger partial charge is 0.462 e. The molecule has 0 rings (SSSR count). The fraction of sp³-hybridized carbons (Fsp3) is 0.705. The monoisotopic (exact) mass is 1010 g/mol. The summed E-state index contributed by atoms with van der Waals surface area (Å²) in [6, 6.07) is 0. The topological polar surface area (TPSA) is 134 Å². The number of unbranched alkanes of at least 4 members (excludes halogenated alkanes) is 24. The molecule has 9 nitrogen and oxygen atoms in total. The number of allylic oxidation sites excluding steroid dienone is 16. The summed E-state index contributed by atoms with van der Waals surface area (Å²) in [5, 5.41) is 0. The van der Waals surface area contributed by atoms with Crippen molar-refractivity contribution in [1.82, 2.24) is 0 Å². The molecule has 0 aromatic carbocycles. The zero-order valence-electron chi connectivity index (χ0n) is 45.4. The molecule has 2 atom stereocenters. The molecule has 0 aliphatic carbocycles. The van der Waals surface area contributed by atoms with Crippen LogP contribution in [-0.2, 0) is 32.7 Å². The van der Waals surface area contributed by atoms with Gasteiger partial charge in [-0.3, -0.25) is 18.6 Å². The van der Waals surface area contributed by atoms with E-state index in [1.165, 1.54) is 148 Å². The first kappa shape index (κ1) is 67.9. The van der Waals surface area contributed by atoms with Crippen LogP contribution in [0, 0.1) is 0 Å². The van der Waals surface area contributed by atoms with Crippen LogP contribution in [0.5, 0.6) is 0 Å². The second-order valence-electron chi connectivity index (χ2n) is 18.8. The molecule has 0 aromatic rings. The second kappa shape index (κ2) is 56.2. The molecular formula is C61H106NO8P. The Kier molecular flexibility index (Phi) is 53.8. The fourth-order valence-electron chi connectivity index (χ4n) is 7.75. The highest BCUT2D eigenvalue weighted by Crippen LogP contribution is 2.43. The molecule has 0 spiro atoms. The molecule has 0 saturated carbocycles. The molecule has 0 aliphatic rings. The van der Waals surface area contributed by atoms with Crippen molar-refractivity contribution in [2.45, 2.75) is 251 Å². The van der Waals surface area contributed by atoms with E-state index in [4.69, 9.17) is 24.3 Å². The number of phosphoric ester groups is 1. The van der Waals surface area contributed by atoms with Crippen molar-refractivity contribution in [3.63, 3.8) is 0 Å². The third-order valence-corrected chi connectivity index (χ3v) is 13.0. The molecule has 71 heavy (non-hydrogen) atoms. The average molecular weight is 1010 g/mol. The van der Waals surface area contributed by atoms with E-state index in [-0.39, 0.29) is 32.6 Å². The number of rotatable bonds is 53. The van der Waals surface area contributed by atoms with E-state index in [0.717, 1.165) is 64.2 Å². The minimum atomic E-state index is -4.41. The van der Waals surface area contributed by atoms with E-state index in [1.54, 1.807) is 0 Å². The van der Waals surface area contributed by atoms with Gasteiger partial charge < -0.3 is 20.1 Å². The maximum atomic E-state index is 12.6. The lowest BCUT2D eigenvalue weighted by atomic mass is 10.0. The van der Waals surface area contributed by atoms with Crippen molar-refractivity contribution < 1.29 is 37.6 Å². The van der Waals surface area contributed by atoms with Crippen LogP contribution in [0.2, 0.25) is 0 Å². The van der Waals surface area contributed by atoms with Gasteiger partial charge in [0.2, 0.25) is 0 Å². The number of nitrogens with two attached hydrogens (primary N) is 1. The summed E-state index contributed by atoms with van der Waals surface area (Å²) in [5.41, 5.74) is 5.37. The Balaban J connectivity index is 3.99. The van der Waals surface area contributed by atoms with Gasteiger partial charge in [0, 0.05) is 19.4 Å². The van der Waals surface area contributed by atoms with Crippen LogP contribution in [0.3, 0.4) is 0 Å². The van der Waals surface area contributed by atoms with Gasteiger partial charge in [0.1, 0.15) is 6.61 Å². The number of ether oxygens (including phenoxy) is 2. The van der Waals surface area contributed by atoms with Crippen LogP contribution in [0.1, 0.15) is 245 Å². The lowest BCUT2D eigenvalue weighted by Gasteiger charge is -2.19. The van der Waals surface area contributed by atoms with Crippen molar-refractivity contribution in [2.24, 2.45) is 5.73 Å². The van der Waals surface area contributed by atoms with E-state index in [9.17, 15) is 19.0 Å². The summed E-state index contributed by atoms with van der Waals surface area (Å²) in [4.78, 5) is 35.1. The normalized spacial score (nSPS) is 13.8. The van der Waals surface area contributed by atoms with Crippen LogP contribution >= 0.6 is 7.82 Å². The van der Waals surface area contributed by atoms with Crippen molar-refractivity contribution in [2.75, 3.05) is 26.4 Å². The maximum absolute atomic E-state index is 12.6. The predicted molar refractivity (Wildman–Crippen MR) is 302 cm³/mol. The van der Waals surface area contributed by atoms with E-state index in [1.807, 2.05) is 12.2 Å². The largest absolute Gasteiger partial charge is 0.472 e. The number of hydrogen-bond donors (Lipinski definition) is 2. The summed E-state index contributed by atoms with van der Waals surface area (Å²) in [6.45, 7) is 3.54. The molecule has 3 N–H and O–H groups in total. The van der Waals surface area contributed by atoms with Crippen molar-refractivity contribution >= 4 is 19.8 Å². The minimum Gasteiger partial charge on any atom is -0.462 e. The zero-order chi connectivity index (χ0) is 51.7. The molecule has 0 fully saturated rings. The van der Waals surface area contributed by atoms with Gasteiger partial charge in [-0.05, 0) is 83.5 Å². The zero-order valence-corrected chi connectivity index (χ0v) is 46.3. The molecule has 2 unspecified atom stereocenters. The standard InChI is InChI=1S/C61H106NO8P/c1-3-5-7-9-11-13-15-17-19-21-23-24-25-26-27-28-29-30-31-32-33-34-36-37-39-41-43-45-47-49-51-53-60(63)67-57-59(58-69-71(65,66)68-56-55-62)70-61(64)54-52-50-48-46-44-42-40-38-35-22-20-18-16-14-12-10-8-6-4-2/h6,8,12,14-15,17-18,20-21,23,35,38,42,44,48,50,59H,3-5,7,9-11,13,16,19,22,24-34,36-37,39-41,43,45-47,49,51-58,62H2,1-2H3,(H,65,66)/b8-6-,14-12-,17-15-,20-18-,23-21-,38-35-,44-42-,50-48-. The molecule has 0 radical (unpaired) electrons. The third kappa shape index (κ3) is 56.1. The summed E-state index contributed by atoms with van der Waals surface area (Å²) < 4.78 is 32.9. The Hall–Kier alpha value is -3.07. The number of carbonyl (C=O) groups is 2. The molecule has 0 saturated heterocycles. The first-order valence-corrected chi connectivity index (χ1v) is 30.2. The summed E-state index contributed by atoms with van der Waals surface area (Å²) in [6.07, 6.45) is 74.9. The van der Waals surface area contributed by atoms with Gasteiger partial charge in [0.05, 0.1) is 13.2 Å². The fourth-order valence-corrected chi connectivity index (χ4v) is 8.52. The van der Waals surface area contributed by atoms with Gasteiger partial charge in [0.15, 0.2) is 6.10 Å². The highest BCUT2D eigenvalue weighted by atomic mass is 31.2. The van der Waals surface area contributed by atoms with E-state index in [0.29, 0.717) is 6.42 Å². The first-order chi connectivity index (χ1) is 34.8. The van der Waals surface area contributed by atoms with Crippen LogP contribution in [-0.4, -0.2) is 49.3 Å². The van der Waals surface area contributed by atoms with Crippen LogP contribution < -0.4 is 5.73 Å². The summed E-state index contributed by atoms with van der Waals surface area (Å²) in [7, 11) is -4.41. The van der Waals surface area contributed by atoms with Gasteiger partial charge in [-0.2, -0.15) is 0 Å². The van der Waals surface area contributed by atoms with Crippen LogP contribution in [0.25, 0.3) is 0 Å². The highest BCUT2D eigenvalue weighted by Gasteiger charge is 2.26. The first-order valence-electron chi connectivity index (χ1n) is 28.7. The lowest BCUT2D eigenvalue weighted by molar-refractivity contribution is -0.161. The van der Waals surface area contributed by atoms with Crippen LogP contribution in [0.4, 0.5) is 0 Å². The van der Waals surface area contributed by atoms with Crippen molar-refractivity contribution in [3.8, 4) is 0 Å². The molecule has 0 aliphatic heterocycles. The van der Waals surface area contributed by atoms with Gasteiger partial charge in [0.25, 0.3) is 0 Å². The number of hydrogen-bond acceptors (Lipinski definition) is 8. The van der Waals surface area contributed by atoms with Gasteiger partial charge in [-0.25, -0.2) is 4.57 Å². The Labute approximate surface area is 436 Å². The number of esters is 2. The molecule has 0 aromatic heterocycles. The maximum Gasteiger partial charge on any atom is 0.472 e. The summed E-state index contributed by atoms with van der Waals surface area (Å²) >= 11 is 0. The Morgan fingerprint density at radius 2 is 0.803 bits per heavy atom. The van der Waals surface area contributed by atoms with E-state index in [2.05, 4.69) is 98.9 Å². The predicted octanol–water partition coefficient (Wildman–Crippen LogP) is 18.1. The highest BCUT2D eigenvalue weighted by molar-refractivity contribution is 7.47. The lowest BCUT2D eigenvalue weighted by Crippen LogP contribution is -2.29. The number of carbonyl (C=O) groups excluding carboxylic acids is 2. The van der Waals surface area contributed by atoms with Crippen molar-refractivity contribution in [3.05, 3.63) is 97.2 Å². The van der Waals surface area contributed by atoms with Crippen LogP contribution in [0.15, 0.2) is 97.2 Å². The molecule has 0 amide bonds. The molecular weight excluding hydrogens is 906 g/mol. The quantitative estimate of drug-likeness (QED) is 0.0264. The minimum absolute atomic E-state index is 0.0382. The van der Waals surface area contributed by atoms with Crippen molar-refractivity contribution in [1.29, 1.82) is 0 Å². The Bertz CT molecular complexity index is 1480. The van der Waals surface area contributed by atoms with Gasteiger partial charge in [-0.1, -0.05) is 246 Å². The third-order valence-electron chi connectivity index (χ3n) is 12.0. The molecule has 0 bridgehead atoms. The molecule has 10 heteroatoms. The number of phosphoric acid groups is 1. The average Bonchev–Trinajstić information content (AvgIpc) is 3.36.